The van der Waals surface area contributed by atoms with E-state index >= 15 is 0 Å². The molecule has 0 saturated carbocycles. The van der Waals surface area contributed by atoms with Crippen LogP contribution in [-0.4, -0.2) is 40.4 Å². The maximum atomic E-state index is 13.7. The van der Waals surface area contributed by atoms with Crippen molar-refractivity contribution in [3.63, 3.8) is 0 Å². The summed E-state index contributed by atoms with van der Waals surface area (Å²) in [5, 5.41) is 11.0. The fourth-order valence-corrected chi connectivity index (χ4v) is 8.70. The minimum absolute atomic E-state index is 0.131. The molecule has 9 nitrogen and oxygen atoms in total. The van der Waals surface area contributed by atoms with Crippen LogP contribution in [0.5, 0.6) is 0 Å². The Hall–Kier alpha value is -3.81. The molecule has 2 amide bonds. The summed E-state index contributed by atoms with van der Waals surface area (Å²) in [5.41, 5.74) is 0.788. The van der Waals surface area contributed by atoms with Gasteiger partial charge in [-0.05, 0) is 0 Å². The van der Waals surface area contributed by atoms with E-state index in [2.05, 4.69) is 0 Å². The summed E-state index contributed by atoms with van der Waals surface area (Å²) in [6.07, 6.45) is -0.134. The van der Waals surface area contributed by atoms with E-state index in [4.69, 9.17) is 0 Å². The van der Waals surface area contributed by atoms with Gasteiger partial charge in [0.05, 0.1) is 0 Å². The second-order valence-corrected chi connectivity index (χ2v) is 11.4. The van der Waals surface area contributed by atoms with Gasteiger partial charge in [-0.25, -0.2) is 0 Å². The Labute approximate surface area is 196 Å². The van der Waals surface area contributed by atoms with Gasteiger partial charge in [0.15, 0.2) is 0 Å². The van der Waals surface area contributed by atoms with Crippen molar-refractivity contribution >= 4 is 42.4 Å². The van der Waals surface area contributed by atoms with E-state index in [9.17, 15) is 24.6 Å². The number of para-hydroxylation sites is 2. The molecule has 2 aliphatic heterocycles. The first kappa shape index (κ1) is 22.0. The van der Waals surface area contributed by atoms with Gasteiger partial charge in [0.2, 0.25) is 0 Å². The number of nitrogens with zero attached hydrogens (tertiary/aromatic N) is 4. The molecule has 0 bridgehead atoms. The van der Waals surface area contributed by atoms with E-state index < -0.39 is 30.2 Å². The average Bonchev–Trinajstić information content (AvgIpc) is 3.36. The molecule has 174 valence electrons. The molecule has 0 aromatic heterocycles. The Balaban J connectivity index is 1.56. The second kappa shape index (κ2) is 8.52. The number of rotatable bonds is 5. The summed E-state index contributed by atoms with van der Waals surface area (Å²) in [5.74, 6) is -0.922. The van der Waals surface area contributed by atoms with Gasteiger partial charge in [0, 0.05) is 0 Å². The van der Waals surface area contributed by atoms with Gasteiger partial charge >= 0.3 is 196 Å². The summed E-state index contributed by atoms with van der Waals surface area (Å²) in [6.45, 7) is 1.02. The molecule has 1 atom stereocenters. The summed E-state index contributed by atoms with van der Waals surface area (Å²) in [6, 6.07) is 24.1. The van der Waals surface area contributed by atoms with Gasteiger partial charge in [0.1, 0.15) is 0 Å². The zero-order valence-corrected chi connectivity index (χ0v) is 19.2. The van der Waals surface area contributed by atoms with E-state index in [1.807, 2.05) is 70.0 Å². The number of nitro groups is 1. The Morgan fingerprint density at radius 3 is 1.76 bits per heavy atom. The van der Waals surface area contributed by atoms with Crippen LogP contribution in [0.1, 0.15) is 6.42 Å². The fourth-order valence-electron chi connectivity index (χ4n) is 4.83. The van der Waals surface area contributed by atoms with E-state index in [-0.39, 0.29) is 17.8 Å². The second-order valence-electron chi connectivity index (χ2n) is 8.26. The first-order valence-electron chi connectivity index (χ1n) is 10.9. The van der Waals surface area contributed by atoms with Crippen LogP contribution < -0.4 is 14.2 Å². The standard InChI is InChI=1S/C24H23N4O5P/c29-23-17-22(24(30)27(23)20-11-13-21(14-12-20)28(31)32)34(33)25(18-7-3-1-4-8-18)15-16-26(34)19-9-5-2-6-10-19/h1-14,22,33-34H,15-17H2. The number of non-ortho nitro benzene ring substituents is 1. The number of anilines is 3. The molecule has 3 aromatic carbocycles. The van der Waals surface area contributed by atoms with Crippen molar-refractivity contribution in [2.45, 2.75) is 12.1 Å². The fraction of sp³-hybridized carbons (Fsp3) is 0.167. The van der Waals surface area contributed by atoms with Crippen LogP contribution >= 0.6 is 7.79 Å². The minimum atomic E-state index is -3.76. The third-order valence-corrected chi connectivity index (χ3v) is 10.3. The number of amides is 2. The van der Waals surface area contributed by atoms with Crippen LogP contribution in [0.3, 0.4) is 0 Å². The quantitative estimate of drug-likeness (QED) is 0.258. The first-order chi connectivity index (χ1) is 16.4. The molecule has 2 saturated heterocycles. The van der Waals surface area contributed by atoms with E-state index in [0.717, 1.165) is 16.3 Å². The number of carbonyl (C=O) groups is 2. The molecular formula is C24H23N4O5P. The van der Waals surface area contributed by atoms with Crippen molar-refractivity contribution in [1.29, 1.82) is 0 Å². The third-order valence-electron chi connectivity index (χ3n) is 6.41. The number of carbonyl (C=O) groups excluding carboxylic acids is 2. The molecule has 3 aromatic rings. The molecule has 0 spiro atoms. The zero-order chi connectivity index (χ0) is 23.9. The van der Waals surface area contributed by atoms with Crippen molar-refractivity contribution in [3.05, 3.63) is 95.0 Å². The van der Waals surface area contributed by atoms with E-state index in [1.54, 1.807) is 0 Å². The molecule has 10 heteroatoms. The van der Waals surface area contributed by atoms with Gasteiger partial charge in [0.25, 0.3) is 0 Å². The van der Waals surface area contributed by atoms with Crippen molar-refractivity contribution in [2.24, 2.45) is 0 Å². The maximum absolute atomic E-state index is 13.7. The van der Waals surface area contributed by atoms with Crippen LogP contribution in [-0.2, 0) is 9.59 Å². The number of imide groups is 1. The molecule has 2 heterocycles. The molecule has 1 unspecified atom stereocenters. The third kappa shape index (κ3) is 3.50. The van der Waals surface area contributed by atoms with Crippen LogP contribution in [0.4, 0.5) is 22.7 Å². The molecule has 2 aliphatic rings. The molecule has 5 rings (SSSR count). The van der Waals surface area contributed by atoms with E-state index in [0.29, 0.717) is 13.1 Å². The molecule has 34 heavy (non-hydrogen) atoms. The molecule has 2 fully saturated rings. The Morgan fingerprint density at radius 2 is 1.29 bits per heavy atom. The van der Waals surface area contributed by atoms with Crippen LogP contribution in [0.2, 0.25) is 0 Å². The van der Waals surface area contributed by atoms with Crippen molar-refractivity contribution in [3.8, 4) is 0 Å². The summed E-state index contributed by atoms with van der Waals surface area (Å²) in [7, 11) is -3.76. The predicted molar refractivity (Wildman–Crippen MR) is 132 cm³/mol. The first-order valence-corrected chi connectivity index (χ1v) is 12.8. The Morgan fingerprint density at radius 1 is 0.794 bits per heavy atom. The Bertz CT molecular complexity index is 1190. The summed E-state index contributed by atoms with van der Waals surface area (Å²) >= 11 is 0. The van der Waals surface area contributed by atoms with Gasteiger partial charge < -0.3 is 0 Å². The summed E-state index contributed by atoms with van der Waals surface area (Å²) < 4.78 is 3.80. The Kier molecular flexibility index (Phi) is 5.51. The number of hydrogen-bond acceptors (Lipinski definition) is 7. The van der Waals surface area contributed by atoms with Crippen LogP contribution in [0.25, 0.3) is 0 Å². The van der Waals surface area contributed by atoms with Crippen molar-refractivity contribution in [2.75, 3.05) is 27.3 Å². The van der Waals surface area contributed by atoms with Gasteiger partial charge in [-0.3, -0.25) is 0 Å². The monoisotopic (exact) mass is 478 g/mol. The normalized spacial score (nSPS) is 20.6. The van der Waals surface area contributed by atoms with Gasteiger partial charge in [-0.2, -0.15) is 0 Å². The van der Waals surface area contributed by atoms with Gasteiger partial charge in [-0.1, -0.05) is 0 Å². The number of nitro benzene ring substituents is 1. The molecular weight excluding hydrogens is 455 g/mol. The zero-order valence-electron chi connectivity index (χ0n) is 18.2. The average molecular weight is 478 g/mol. The molecule has 1 N–H and O–H groups in total. The van der Waals surface area contributed by atoms with Crippen LogP contribution in [0, 0.1) is 10.1 Å². The predicted octanol–water partition coefficient (Wildman–Crippen LogP) is 3.74. The number of hydrogen-bond donors (Lipinski definition) is 1. The molecule has 0 radical (unpaired) electrons. The van der Waals surface area contributed by atoms with Gasteiger partial charge in [-0.15, -0.1) is 0 Å². The van der Waals surface area contributed by atoms with Crippen molar-refractivity contribution in [1.82, 2.24) is 0 Å². The van der Waals surface area contributed by atoms with E-state index in [1.165, 1.54) is 24.3 Å². The SMILES string of the molecule is O=C1CC([PH]2(O)N(c3ccccc3)CCN2c2ccccc2)C(=O)N1c1ccc([N+](=O)[O-])cc1. The topological polar surface area (TPSA) is 107 Å². The summed E-state index contributed by atoms with van der Waals surface area (Å²) in [4.78, 5) is 50.6. The van der Waals surface area contributed by atoms with Crippen molar-refractivity contribution < 1.29 is 19.4 Å². The molecule has 0 aliphatic carbocycles. The number of benzene rings is 3. The van der Waals surface area contributed by atoms with Crippen LogP contribution in [0.15, 0.2) is 84.9 Å².